The van der Waals surface area contributed by atoms with E-state index in [4.69, 9.17) is 0 Å². The van der Waals surface area contributed by atoms with Crippen molar-refractivity contribution in [1.29, 1.82) is 0 Å². The van der Waals surface area contributed by atoms with E-state index in [9.17, 15) is 8.78 Å². The Hall–Kier alpha value is -2.15. The molecule has 2 heterocycles. The average molecular weight is 364 g/mol. The standard InChI is InChI=1S/C18H22F2N4S/c1-21-18(22-5-4-14-11-15(19)13-16(20)12-14)24-8-6-23(7-9-24)17-3-2-10-25-17/h2-3,10-13H,4-9H2,1H3,(H,21,22). The highest BCUT2D eigenvalue weighted by Gasteiger charge is 2.20. The van der Waals surface area contributed by atoms with Crippen molar-refractivity contribution in [3.8, 4) is 0 Å². The van der Waals surface area contributed by atoms with Crippen molar-refractivity contribution in [3.05, 3.63) is 52.9 Å². The zero-order valence-electron chi connectivity index (χ0n) is 14.2. The summed E-state index contributed by atoms with van der Waals surface area (Å²) in [5.74, 6) is -0.240. The molecule has 0 amide bonds. The van der Waals surface area contributed by atoms with Crippen LogP contribution in [0.3, 0.4) is 0 Å². The van der Waals surface area contributed by atoms with Crippen LogP contribution >= 0.6 is 11.3 Å². The normalized spacial score (nSPS) is 15.6. The number of hydrogen-bond donors (Lipinski definition) is 1. The third kappa shape index (κ3) is 4.69. The van der Waals surface area contributed by atoms with Crippen LogP contribution in [0.5, 0.6) is 0 Å². The van der Waals surface area contributed by atoms with E-state index in [1.54, 1.807) is 18.4 Å². The van der Waals surface area contributed by atoms with Gasteiger partial charge in [-0.3, -0.25) is 4.99 Å². The topological polar surface area (TPSA) is 30.9 Å². The second-order valence-corrected chi connectivity index (χ2v) is 6.85. The summed E-state index contributed by atoms with van der Waals surface area (Å²) in [6.07, 6.45) is 0.545. The summed E-state index contributed by atoms with van der Waals surface area (Å²) in [4.78, 5) is 8.93. The highest BCUT2D eigenvalue weighted by atomic mass is 32.1. The van der Waals surface area contributed by atoms with Crippen molar-refractivity contribution in [1.82, 2.24) is 10.2 Å². The van der Waals surface area contributed by atoms with Crippen LogP contribution in [0.2, 0.25) is 0 Å². The number of anilines is 1. The molecule has 1 fully saturated rings. The summed E-state index contributed by atoms with van der Waals surface area (Å²) in [7, 11) is 1.76. The lowest BCUT2D eigenvalue weighted by molar-refractivity contribution is 0.374. The fraction of sp³-hybridized carbons (Fsp3) is 0.389. The molecule has 1 aromatic carbocycles. The van der Waals surface area contributed by atoms with Gasteiger partial charge in [0.2, 0.25) is 0 Å². The van der Waals surface area contributed by atoms with Crippen LogP contribution < -0.4 is 10.2 Å². The lowest BCUT2D eigenvalue weighted by Crippen LogP contribution is -2.52. The highest BCUT2D eigenvalue weighted by molar-refractivity contribution is 7.14. The van der Waals surface area contributed by atoms with E-state index in [0.29, 0.717) is 18.5 Å². The molecular weight excluding hydrogens is 342 g/mol. The molecule has 1 aliphatic heterocycles. The van der Waals surface area contributed by atoms with Gasteiger partial charge in [-0.1, -0.05) is 0 Å². The predicted molar refractivity (Wildman–Crippen MR) is 99.5 cm³/mol. The molecule has 3 rings (SSSR count). The molecule has 0 spiro atoms. The Morgan fingerprint density at radius 3 is 2.48 bits per heavy atom. The Morgan fingerprint density at radius 1 is 1.16 bits per heavy atom. The molecule has 0 aliphatic carbocycles. The molecule has 1 aromatic heterocycles. The number of nitrogens with one attached hydrogen (secondary N) is 1. The van der Waals surface area contributed by atoms with Gasteiger partial charge in [0.1, 0.15) is 11.6 Å². The predicted octanol–water partition coefficient (Wildman–Crippen LogP) is 2.97. The molecule has 1 saturated heterocycles. The average Bonchev–Trinajstić information content (AvgIpc) is 3.13. The first-order chi connectivity index (χ1) is 12.2. The lowest BCUT2D eigenvalue weighted by Gasteiger charge is -2.37. The third-order valence-corrected chi connectivity index (χ3v) is 5.16. The van der Waals surface area contributed by atoms with Gasteiger partial charge in [-0.25, -0.2) is 8.78 Å². The molecule has 134 valence electrons. The van der Waals surface area contributed by atoms with Gasteiger partial charge >= 0.3 is 0 Å². The van der Waals surface area contributed by atoms with E-state index in [1.165, 1.54) is 17.1 Å². The van der Waals surface area contributed by atoms with Gasteiger partial charge in [-0.2, -0.15) is 0 Å². The minimum atomic E-state index is -0.538. The molecule has 0 radical (unpaired) electrons. The summed E-state index contributed by atoms with van der Waals surface area (Å²) in [5.41, 5.74) is 0.642. The minimum Gasteiger partial charge on any atom is -0.360 e. The third-order valence-electron chi connectivity index (χ3n) is 4.23. The van der Waals surface area contributed by atoms with Crippen LogP contribution in [0.15, 0.2) is 40.7 Å². The molecular formula is C18H22F2N4S. The number of aliphatic imine (C=N–C) groups is 1. The van der Waals surface area contributed by atoms with Gasteiger partial charge in [0.05, 0.1) is 5.00 Å². The molecule has 0 atom stereocenters. The van der Waals surface area contributed by atoms with Crippen molar-refractivity contribution in [3.63, 3.8) is 0 Å². The summed E-state index contributed by atoms with van der Waals surface area (Å²) in [6.45, 7) is 4.28. The SMILES string of the molecule is CN=C(NCCc1cc(F)cc(F)c1)N1CCN(c2cccs2)CC1. The van der Waals surface area contributed by atoms with Crippen LogP contribution in [0.4, 0.5) is 13.8 Å². The van der Waals surface area contributed by atoms with Crippen LogP contribution in [-0.2, 0) is 6.42 Å². The molecule has 2 aromatic rings. The maximum absolute atomic E-state index is 13.2. The van der Waals surface area contributed by atoms with Crippen LogP contribution in [-0.4, -0.2) is 50.6 Å². The van der Waals surface area contributed by atoms with Crippen molar-refractivity contribution in [2.45, 2.75) is 6.42 Å². The number of halogens is 2. The first-order valence-electron chi connectivity index (χ1n) is 8.35. The number of nitrogens with zero attached hydrogens (tertiary/aromatic N) is 3. The lowest BCUT2D eigenvalue weighted by atomic mass is 10.1. The second kappa shape index (κ2) is 8.29. The van der Waals surface area contributed by atoms with Crippen LogP contribution in [0.1, 0.15) is 5.56 Å². The van der Waals surface area contributed by atoms with E-state index in [2.05, 4.69) is 37.6 Å². The number of benzene rings is 1. The Morgan fingerprint density at radius 2 is 1.88 bits per heavy atom. The molecule has 1 aliphatic rings. The molecule has 0 saturated carbocycles. The van der Waals surface area contributed by atoms with Crippen molar-refractivity contribution < 1.29 is 8.78 Å². The van der Waals surface area contributed by atoms with Crippen molar-refractivity contribution in [2.24, 2.45) is 4.99 Å². The Labute approximate surface area is 150 Å². The van der Waals surface area contributed by atoms with Crippen LogP contribution in [0.25, 0.3) is 0 Å². The number of guanidine groups is 1. The van der Waals surface area contributed by atoms with Crippen LogP contribution in [0, 0.1) is 11.6 Å². The summed E-state index contributed by atoms with van der Waals surface area (Å²) in [5, 5.41) is 6.69. The minimum absolute atomic E-state index is 0.538. The fourth-order valence-corrected chi connectivity index (χ4v) is 3.78. The van der Waals surface area contributed by atoms with Gasteiger partial charge < -0.3 is 15.1 Å². The molecule has 0 unspecified atom stereocenters. The van der Waals surface area contributed by atoms with Gasteiger partial charge in [-0.05, 0) is 41.6 Å². The number of piperazine rings is 1. The van der Waals surface area contributed by atoms with E-state index < -0.39 is 11.6 Å². The maximum Gasteiger partial charge on any atom is 0.193 e. The Bertz CT molecular complexity index is 690. The Balaban J connectivity index is 1.48. The van der Waals surface area contributed by atoms with Gasteiger partial charge in [0.15, 0.2) is 5.96 Å². The first-order valence-corrected chi connectivity index (χ1v) is 9.22. The van der Waals surface area contributed by atoms with Crippen molar-refractivity contribution >= 4 is 22.3 Å². The molecule has 0 bridgehead atoms. The van der Waals surface area contributed by atoms with Gasteiger partial charge in [-0.15, -0.1) is 11.3 Å². The largest absolute Gasteiger partial charge is 0.360 e. The first kappa shape index (κ1) is 17.7. The van der Waals surface area contributed by atoms with Crippen molar-refractivity contribution in [2.75, 3.05) is 44.7 Å². The molecule has 1 N–H and O–H groups in total. The number of rotatable bonds is 4. The summed E-state index contributed by atoms with van der Waals surface area (Å²) < 4.78 is 26.5. The quantitative estimate of drug-likeness (QED) is 0.668. The zero-order valence-corrected chi connectivity index (χ0v) is 15.0. The maximum atomic E-state index is 13.2. The summed E-state index contributed by atoms with van der Waals surface area (Å²) >= 11 is 1.76. The van der Waals surface area contributed by atoms with E-state index in [0.717, 1.165) is 38.2 Å². The number of thiophene rings is 1. The Kier molecular flexibility index (Phi) is 5.86. The highest BCUT2D eigenvalue weighted by Crippen LogP contribution is 2.22. The zero-order chi connectivity index (χ0) is 17.6. The molecule has 25 heavy (non-hydrogen) atoms. The second-order valence-electron chi connectivity index (χ2n) is 5.93. The van der Waals surface area contributed by atoms with Gasteiger partial charge in [0.25, 0.3) is 0 Å². The van der Waals surface area contributed by atoms with Gasteiger partial charge in [0, 0.05) is 45.8 Å². The summed E-state index contributed by atoms with van der Waals surface area (Å²) in [6, 6.07) is 7.84. The van der Waals surface area contributed by atoms with E-state index in [-0.39, 0.29) is 0 Å². The molecule has 4 nitrogen and oxygen atoms in total. The fourth-order valence-electron chi connectivity index (χ4n) is 2.99. The van der Waals surface area contributed by atoms with E-state index in [1.807, 2.05) is 0 Å². The number of hydrogen-bond acceptors (Lipinski definition) is 3. The molecule has 7 heteroatoms. The van der Waals surface area contributed by atoms with E-state index >= 15 is 0 Å². The monoisotopic (exact) mass is 364 g/mol. The smallest absolute Gasteiger partial charge is 0.193 e.